The number of benzene rings is 2. The van der Waals surface area contributed by atoms with Crippen LogP contribution in [0, 0.1) is 6.92 Å². The van der Waals surface area contributed by atoms with E-state index < -0.39 is 0 Å². The summed E-state index contributed by atoms with van der Waals surface area (Å²) in [5, 5.41) is 3.97. The first-order valence-corrected chi connectivity index (χ1v) is 8.11. The Labute approximate surface area is 145 Å². The molecule has 124 valence electrons. The van der Waals surface area contributed by atoms with E-state index in [1.165, 1.54) is 0 Å². The Morgan fingerprint density at radius 1 is 0.960 bits per heavy atom. The summed E-state index contributed by atoms with van der Waals surface area (Å²) in [5.74, 6) is 0.737. The second-order valence-electron chi connectivity index (χ2n) is 5.88. The van der Waals surface area contributed by atoms with Gasteiger partial charge in [-0.15, -0.1) is 0 Å². The van der Waals surface area contributed by atoms with E-state index in [0.717, 1.165) is 16.5 Å². The third-order valence-electron chi connectivity index (χ3n) is 4.29. The molecule has 2 heterocycles. The highest BCUT2D eigenvalue weighted by molar-refractivity contribution is 5.99. The maximum absolute atomic E-state index is 12.9. The van der Waals surface area contributed by atoms with Crippen LogP contribution in [0.4, 0.5) is 0 Å². The van der Waals surface area contributed by atoms with Gasteiger partial charge in [-0.2, -0.15) is 0 Å². The number of carbonyl (C=O) groups excluding carboxylic acids is 1. The monoisotopic (exact) mass is 331 g/mol. The smallest absolute Gasteiger partial charge is 0.288 e. The molecule has 0 unspecified atom stereocenters. The Morgan fingerprint density at radius 3 is 2.44 bits per heavy atom. The van der Waals surface area contributed by atoms with E-state index in [4.69, 9.17) is 8.83 Å². The first-order valence-electron chi connectivity index (χ1n) is 8.11. The van der Waals surface area contributed by atoms with Crippen molar-refractivity contribution < 1.29 is 13.6 Å². The second kappa shape index (κ2) is 6.32. The molecule has 0 spiro atoms. The van der Waals surface area contributed by atoms with Crippen molar-refractivity contribution in [1.82, 2.24) is 5.32 Å². The molecule has 1 amide bonds. The molecule has 0 aliphatic heterocycles. The van der Waals surface area contributed by atoms with Gasteiger partial charge in [0.2, 0.25) is 0 Å². The largest absolute Gasteiger partial charge is 0.467 e. The molecule has 4 nitrogen and oxygen atoms in total. The minimum Gasteiger partial charge on any atom is -0.467 e. The molecule has 4 heteroatoms. The van der Waals surface area contributed by atoms with Crippen molar-refractivity contribution in [2.75, 3.05) is 0 Å². The zero-order valence-corrected chi connectivity index (χ0v) is 13.7. The third kappa shape index (κ3) is 2.83. The molecular weight excluding hydrogens is 314 g/mol. The molecule has 0 saturated heterocycles. The van der Waals surface area contributed by atoms with Gasteiger partial charge in [-0.1, -0.05) is 48.5 Å². The van der Waals surface area contributed by atoms with E-state index in [1.54, 1.807) is 6.26 Å². The molecule has 0 radical (unpaired) electrons. The van der Waals surface area contributed by atoms with Crippen LogP contribution >= 0.6 is 0 Å². The lowest BCUT2D eigenvalue weighted by Gasteiger charge is -2.16. The zero-order valence-electron chi connectivity index (χ0n) is 13.7. The number of aryl methyl sites for hydroxylation is 1. The van der Waals surface area contributed by atoms with Crippen LogP contribution in [0.2, 0.25) is 0 Å². The number of amides is 1. The lowest BCUT2D eigenvalue weighted by molar-refractivity contribution is 0.0912. The van der Waals surface area contributed by atoms with Crippen LogP contribution in [-0.4, -0.2) is 5.91 Å². The topological polar surface area (TPSA) is 55.4 Å². The summed E-state index contributed by atoms with van der Waals surface area (Å²) < 4.78 is 11.3. The summed E-state index contributed by atoms with van der Waals surface area (Å²) in [6, 6.07) is 20.6. The fourth-order valence-electron chi connectivity index (χ4n) is 3.01. The van der Waals surface area contributed by atoms with Crippen LogP contribution in [0.25, 0.3) is 11.0 Å². The Bertz CT molecular complexity index is 1000. The molecule has 4 aromatic rings. The highest BCUT2D eigenvalue weighted by Crippen LogP contribution is 2.27. The highest BCUT2D eigenvalue weighted by Gasteiger charge is 2.24. The van der Waals surface area contributed by atoms with Crippen molar-refractivity contribution >= 4 is 16.9 Å². The molecule has 25 heavy (non-hydrogen) atoms. The third-order valence-corrected chi connectivity index (χ3v) is 4.29. The number of nitrogens with one attached hydrogen (secondary N) is 1. The van der Waals surface area contributed by atoms with Gasteiger partial charge in [-0.25, -0.2) is 0 Å². The minimum atomic E-state index is -0.378. The number of para-hydroxylation sites is 1. The number of rotatable bonds is 4. The summed E-state index contributed by atoms with van der Waals surface area (Å²) in [6.45, 7) is 1.89. The van der Waals surface area contributed by atoms with Gasteiger partial charge < -0.3 is 14.2 Å². The Balaban J connectivity index is 1.70. The van der Waals surface area contributed by atoms with Crippen LogP contribution in [0.5, 0.6) is 0 Å². The molecule has 1 atom stereocenters. The quantitative estimate of drug-likeness (QED) is 0.581. The van der Waals surface area contributed by atoms with E-state index >= 15 is 0 Å². The number of fused-ring (bicyclic) bond motifs is 1. The molecule has 4 rings (SSSR count). The van der Waals surface area contributed by atoms with Gasteiger partial charge in [0.15, 0.2) is 5.76 Å². The molecule has 0 bridgehead atoms. The van der Waals surface area contributed by atoms with E-state index in [-0.39, 0.29) is 11.9 Å². The number of hydrogen-bond donors (Lipinski definition) is 1. The van der Waals surface area contributed by atoms with Gasteiger partial charge in [0.1, 0.15) is 17.4 Å². The molecule has 2 aromatic heterocycles. The minimum absolute atomic E-state index is 0.265. The Kier molecular flexibility index (Phi) is 3.86. The van der Waals surface area contributed by atoms with Crippen molar-refractivity contribution in [3.8, 4) is 0 Å². The summed E-state index contributed by atoms with van der Waals surface area (Å²) in [5.41, 5.74) is 2.48. The van der Waals surface area contributed by atoms with Crippen molar-refractivity contribution in [3.63, 3.8) is 0 Å². The van der Waals surface area contributed by atoms with Crippen molar-refractivity contribution in [1.29, 1.82) is 0 Å². The van der Waals surface area contributed by atoms with Crippen molar-refractivity contribution in [2.24, 2.45) is 0 Å². The van der Waals surface area contributed by atoms with Gasteiger partial charge in [0.25, 0.3) is 5.91 Å². The lowest BCUT2D eigenvalue weighted by Crippen LogP contribution is -2.29. The van der Waals surface area contributed by atoms with Gasteiger partial charge in [-0.3, -0.25) is 4.79 Å². The summed E-state index contributed by atoms with van der Waals surface area (Å²) >= 11 is 0. The predicted octanol–water partition coefficient (Wildman–Crippen LogP) is 4.85. The molecule has 0 aliphatic rings. The Hall–Kier alpha value is -3.27. The maximum Gasteiger partial charge on any atom is 0.288 e. The standard InChI is InChI=1S/C21H17NO3/c1-14-16-10-5-6-11-17(16)25-20(14)21(23)22-19(18-12-7-13-24-18)15-8-3-2-4-9-15/h2-13,19H,1H3,(H,22,23)/t19-/m0/s1. The summed E-state index contributed by atoms with van der Waals surface area (Å²) in [6.07, 6.45) is 1.60. The molecule has 1 N–H and O–H groups in total. The fourth-order valence-corrected chi connectivity index (χ4v) is 3.01. The SMILES string of the molecule is Cc1c(C(=O)N[C@@H](c2ccccc2)c2ccco2)oc2ccccc12. The molecular formula is C21H17NO3. The van der Waals surface area contributed by atoms with Gasteiger partial charge >= 0.3 is 0 Å². The highest BCUT2D eigenvalue weighted by atomic mass is 16.3. The average molecular weight is 331 g/mol. The first kappa shape index (κ1) is 15.3. The van der Waals surface area contributed by atoms with Crippen LogP contribution in [0.15, 0.2) is 81.8 Å². The number of hydrogen-bond acceptors (Lipinski definition) is 3. The van der Waals surface area contributed by atoms with E-state index in [0.29, 0.717) is 17.1 Å². The normalized spacial score (nSPS) is 12.2. The molecule has 0 fully saturated rings. The van der Waals surface area contributed by atoms with Gasteiger partial charge in [0, 0.05) is 10.9 Å². The van der Waals surface area contributed by atoms with Gasteiger partial charge in [-0.05, 0) is 30.7 Å². The first-order chi connectivity index (χ1) is 12.2. The molecule has 0 saturated carbocycles. The van der Waals surface area contributed by atoms with Gasteiger partial charge in [0.05, 0.1) is 6.26 Å². The van der Waals surface area contributed by atoms with E-state index in [1.807, 2.05) is 73.7 Å². The summed E-state index contributed by atoms with van der Waals surface area (Å²) in [4.78, 5) is 12.9. The maximum atomic E-state index is 12.9. The Morgan fingerprint density at radius 2 is 1.72 bits per heavy atom. The van der Waals surface area contributed by atoms with Crippen LogP contribution in [0.1, 0.15) is 33.5 Å². The van der Waals surface area contributed by atoms with Crippen molar-refractivity contribution in [2.45, 2.75) is 13.0 Å². The second-order valence-corrected chi connectivity index (χ2v) is 5.88. The number of carbonyl (C=O) groups is 1. The zero-order chi connectivity index (χ0) is 17.2. The van der Waals surface area contributed by atoms with Crippen molar-refractivity contribution in [3.05, 3.63) is 95.6 Å². The van der Waals surface area contributed by atoms with E-state index in [2.05, 4.69) is 5.32 Å². The van der Waals surface area contributed by atoms with Crippen LogP contribution < -0.4 is 5.32 Å². The van der Waals surface area contributed by atoms with Crippen LogP contribution in [0.3, 0.4) is 0 Å². The fraction of sp³-hybridized carbons (Fsp3) is 0.0952. The predicted molar refractivity (Wildman–Crippen MR) is 95.4 cm³/mol. The average Bonchev–Trinajstić information content (AvgIpc) is 3.29. The molecule has 2 aromatic carbocycles. The van der Waals surface area contributed by atoms with Crippen LogP contribution in [-0.2, 0) is 0 Å². The lowest BCUT2D eigenvalue weighted by atomic mass is 10.0. The van der Waals surface area contributed by atoms with E-state index in [9.17, 15) is 4.79 Å². The summed E-state index contributed by atoms with van der Waals surface area (Å²) in [7, 11) is 0. The number of furan rings is 2. The molecule has 0 aliphatic carbocycles.